The van der Waals surface area contributed by atoms with Crippen LogP contribution in [-0.4, -0.2) is 38.2 Å². The van der Waals surface area contributed by atoms with E-state index in [2.05, 4.69) is 10.0 Å². The van der Waals surface area contributed by atoms with Gasteiger partial charge in [-0.2, -0.15) is 0 Å². The number of hydrogen-bond acceptors (Lipinski definition) is 4. The molecular formula is C24H24FN3O4S. The van der Waals surface area contributed by atoms with Crippen LogP contribution in [-0.2, 0) is 10.0 Å². The lowest BCUT2D eigenvalue weighted by molar-refractivity contribution is 0.0772. The van der Waals surface area contributed by atoms with Gasteiger partial charge < -0.3 is 10.2 Å². The van der Waals surface area contributed by atoms with Gasteiger partial charge in [-0.25, -0.2) is 12.8 Å². The average molecular weight is 470 g/mol. The Labute approximate surface area is 192 Å². The summed E-state index contributed by atoms with van der Waals surface area (Å²) in [6, 6.07) is 17.0. The maximum Gasteiger partial charge on any atom is 0.261 e. The van der Waals surface area contributed by atoms with Crippen molar-refractivity contribution in [3.63, 3.8) is 0 Å². The summed E-state index contributed by atoms with van der Waals surface area (Å²) in [7, 11) is -4.04. The van der Waals surface area contributed by atoms with Crippen LogP contribution < -0.4 is 10.0 Å². The lowest BCUT2D eigenvalue weighted by Crippen LogP contribution is -2.30. The highest BCUT2D eigenvalue weighted by molar-refractivity contribution is 7.92. The number of amides is 2. The number of carbonyl (C=O) groups is 2. The maximum atomic E-state index is 13.1. The van der Waals surface area contributed by atoms with Gasteiger partial charge in [-0.3, -0.25) is 14.3 Å². The van der Waals surface area contributed by atoms with Crippen molar-refractivity contribution in [3.05, 3.63) is 89.7 Å². The fraction of sp³-hybridized carbons (Fsp3) is 0.167. The Morgan fingerprint density at radius 1 is 0.909 bits per heavy atom. The zero-order valence-corrected chi connectivity index (χ0v) is 19.0. The molecule has 7 nitrogen and oxygen atoms in total. The van der Waals surface area contributed by atoms with Gasteiger partial charge in [-0.1, -0.05) is 18.2 Å². The third-order valence-corrected chi connectivity index (χ3v) is 6.34. The van der Waals surface area contributed by atoms with E-state index < -0.39 is 21.7 Å². The highest BCUT2D eigenvalue weighted by Gasteiger charge is 2.19. The van der Waals surface area contributed by atoms with Crippen LogP contribution >= 0.6 is 0 Å². The van der Waals surface area contributed by atoms with E-state index in [9.17, 15) is 22.4 Å². The van der Waals surface area contributed by atoms with Gasteiger partial charge in [-0.05, 0) is 68.4 Å². The predicted molar refractivity (Wildman–Crippen MR) is 125 cm³/mol. The minimum atomic E-state index is -4.04. The summed E-state index contributed by atoms with van der Waals surface area (Å²) in [6.07, 6.45) is 0. The number of sulfonamides is 1. The molecule has 0 atom stereocenters. The molecule has 2 amide bonds. The van der Waals surface area contributed by atoms with Crippen LogP contribution in [0.2, 0.25) is 0 Å². The summed E-state index contributed by atoms with van der Waals surface area (Å²) < 4.78 is 40.9. The SMILES string of the molecule is CCN(CC)C(=O)c1cccc(NC(=O)c2ccccc2NS(=O)(=O)c2ccc(F)cc2)c1. The molecule has 3 aromatic rings. The average Bonchev–Trinajstić information content (AvgIpc) is 2.80. The second kappa shape index (κ2) is 10.3. The van der Waals surface area contributed by atoms with E-state index in [4.69, 9.17) is 0 Å². The molecule has 0 bridgehead atoms. The molecule has 3 aromatic carbocycles. The fourth-order valence-electron chi connectivity index (χ4n) is 3.21. The number of para-hydroxylation sites is 1. The first-order valence-electron chi connectivity index (χ1n) is 10.3. The molecule has 0 aliphatic heterocycles. The number of benzene rings is 3. The Morgan fingerprint density at radius 3 is 2.24 bits per heavy atom. The van der Waals surface area contributed by atoms with Crippen molar-refractivity contribution in [2.45, 2.75) is 18.7 Å². The molecule has 0 heterocycles. The van der Waals surface area contributed by atoms with E-state index in [0.29, 0.717) is 24.3 Å². The lowest BCUT2D eigenvalue weighted by atomic mass is 10.1. The van der Waals surface area contributed by atoms with Crippen molar-refractivity contribution in [2.75, 3.05) is 23.1 Å². The molecule has 0 unspecified atom stereocenters. The molecule has 0 radical (unpaired) electrons. The van der Waals surface area contributed by atoms with Crippen molar-refractivity contribution in [1.82, 2.24) is 4.90 Å². The van der Waals surface area contributed by atoms with Crippen LogP contribution in [0, 0.1) is 5.82 Å². The van der Waals surface area contributed by atoms with E-state index >= 15 is 0 Å². The number of carbonyl (C=O) groups excluding carboxylic acids is 2. The van der Waals surface area contributed by atoms with Gasteiger partial charge in [0.05, 0.1) is 16.1 Å². The Bertz CT molecular complexity index is 1260. The highest BCUT2D eigenvalue weighted by atomic mass is 32.2. The topological polar surface area (TPSA) is 95.6 Å². The standard InChI is InChI=1S/C24H24FN3O4S/c1-3-28(4-2)24(30)17-8-7-9-19(16-17)26-23(29)21-10-5-6-11-22(21)27-33(31,32)20-14-12-18(25)13-15-20/h5-16,27H,3-4H2,1-2H3,(H,26,29). The molecule has 2 N–H and O–H groups in total. The second-order valence-corrected chi connectivity index (χ2v) is 8.80. The van der Waals surface area contributed by atoms with Gasteiger partial charge in [0.15, 0.2) is 0 Å². The summed E-state index contributed by atoms with van der Waals surface area (Å²) in [5.41, 5.74) is 0.981. The molecular weight excluding hydrogens is 445 g/mol. The number of nitrogens with one attached hydrogen (secondary N) is 2. The monoisotopic (exact) mass is 469 g/mol. The first-order valence-corrected chi connectivity index (χ1v) is 11.8. The van der Waals surface area contributed by atoms with E-state index in [1.165, 1.54) is 12.1 Å². The van der Waals surface area contributed by atoms with Crippen molar-refractivity contribution >= 4 is 33.2 Å². The highest BCUT2D eigenvalue weighted by Crippen LogP contribution is 2.22. The Morgan fingerprint density at radius 2 is 1.58 bits per heavy atom. The third kappa shape index (κ3) is 5.75. The number of nitrogens with zero attached hydrogens (tertiary/aromatic N) is 1. The summed E-state index contributed by atoms with van der Waals surface area (Å²) in [6.45, 7) is 4.90. The van der Waals surface area contributed by atoms with Crippen molar-refractivity contribution in [3.8, 4) is 0 Å². The molecule has 3 rings (SSSR count). The molecule has 9 heteroatoms. The first kappa shape index (κ1) is 23.9. The zero-order valence-electron chi connectivity index (χ0n) is 18.2. The molecule has 0 saturated carbocycles. The van der Waals surface area contributed by atoms with Crippen molar-refractivity contribution < 1.29 is 22.4 Å². The maximum absolute atomic E-state index is 13.1. The summed E-state index contributed by atoms with van der Waals surface area (Å²) in [4.78, 5) is 27.1. The van der Waals surface area contributed by atoms with Gasteiger partial charge in [0.25, 0.3) is 21.8 Å². The number of halogens is 1. The molecule has 172 valence electrons. The number of anilines is 2. The third-order valence-electron chi connectivity index (χ3n) is 4.96. The van der Waals surface area contributed by atoms with E-state index in [1.807, 2.05) is 13.8 Å². The van der Waals surface area contributed by atoms with E-state index in [-0.39, 0.29) is 22.1 Å². The van der Waals surface area contributed by atoms with Gasteiger partial charge in [0, 0.05) is 24.3 Å². The summed E-state index contributed by atoms with van der Waals surface area (Å²) in [5, 5.41) is 2.71. The van der Waals surface area contributed by atoms with E-state index in [1.54, 1.807) is 41.3 Å². The van der Waals surface area contributed by atoms with Gasteiger partial charge in [0.1, 0.15) is 5.82 Å². The van der Waals surface area contributed by atoms with Gasteiger partial charge >= 0.3 is 0 Å². The minimum Gasteiger partial charge on any atom is -0.339 e. The lowest BCUT2D eigenvalue weighted by Gasteiger charge is -2.19. The van der Waals surface area contributed by atoms with Gasteiger partial charge in [-0.15, -0.1) is 0 Å². The van der Waals surface area contributed by atoms with Crippen molar-refractivity contribution in [2.24, 2.45) is 0 Å². The molecule has 0 spiro atoms. The smallest absolute Gasteiger partial charge is 0.261 e. The molecule has 0 saturated heterocycles. The molecule has 0 aromatic heterocycles. The Kier molecular flexibility index (Phi) is 7.44. The Balaban J connectivity index is 1.83. The second-order valence-electron chi connectivity index (χ2n) is 7.12. The van der Waals surface area contributed by atoms with E-state index in [0.717, 1.165) is 24.3 Å². The fourth-order valence-corrected chi connectivity index (χ4v) is 4.29. The summed E-state index contributed by atoms with van der Waals surface area (Å²) >= 11 is 0. The Hall–Kier alpha value is -3.72. The van der Waals surface area contributed by atoms with Crippen LogP contribution in [0.25, 0.3) is 0 Å². The quantitative estimate of drug-likeness (QED) is 0.512. The normalized spacial score (nSPS) is 11.0. The molecule has 0 fully saturated rings. The predicted octanol–water partition coefficient (Wildman–Crippen LogP) is 4.36. The number of rotatable bonds is 8. The van der Waals surface area contributed by atoms with Crippen LogP contribution in [0.3, 0.4) is 0 Å². The van der Waals surface area contributed by atoms with Crippen molar-refractivity contribution in [1.29, 1.82) is 0 Å². The van der Waals surface area contributed by atoms with Crippen LogP contribution in [0.4, 0.5) is 15.8 Å². The summed E-state index contributed by atoms with van der Waals surface area (Å²) in [5.74, 6) is -1.26. The minimum absolute atomic E-state index is 0.0645. The van der Waals surface area contributed by atoms with Gasteiger partial charge in [0.2, 0.25) is 0 Å². The van der Waals surface area contributed by atoms with Crippen LogP contribution in [0.1, 0.15) is 34.6 Å². The van der Waals surface area contributed by atoms with Crippen LogP contribution in [0.5, 0.6) is 0 Å². The first-order chi connectivity index (χ1) is 15.7. The number of hydrogen-bond donors (Lipinski definition) is 2. The largest absolute Gasteiger partial charge is 0.339 e. The molecule has 0 aliphatic carbocycles. The zero-order chi connectivity index (χ0) is 24.0. The molecule has 33 heavy (non-hydrogen) atoms. The molecule has 0 aliphatic rings. The van der Waals surface area contributed by atoms with Crippen LogP contribution in [0.15, 0.2) is 77.7 Å².